The molecule has 0 saturated heterocycles. The van der Waals surface area contributed by atoms with Gasteiger partial charge in [-0.05, 0) is 30.7 Å². The minimum atomic E-state index is -4.65. The van der Waals surface area contributed by atoms with E-state index in [9.17, 15) is 30.8 Å². The lowest BCUT2D eigenvalue weighted by atomic mass is 10.1. The Morgan fingerprint density at radius 1 is 1.30 bits per heavy atom. The molecule has 1 aromatic carbocycles. The number of hydrogen-bond acceptors (Lipinski definition) is 4. The summed E-state index contributed by atoms with van der Waals surface area (Å²) in [6.07, 6.45) is -3.99. The summed E-state index contributed by atoms with van der Waals surface area (Å²) in [7, 11) is -2.93. The highest BCUT2D eigenvalue weighted by molar-refractivity contribution is 7.91. The molecule has 0 bridgehead atoms. The van der Waals surface area contributed by atoms with E-state index in [-0.39, 0.29) is 30.4 Å². The number of halogens is 4. The molecule has 1 heterocycles. The van der Waals surface area contributed by atoms with Gasteiger partial charge in [0.15, 0.2) is 9.84 Å². The van der Waals surface area contributed by atoms with Crippen LogP contribution in [-0.2, 0) is 16.9 Å². The van der Waals surface area contributed by atoms with Crippen LogP contribution in [0.5, 0.6) is 0 Å². The molecule has 0 unspecified atom stereocenters. The lowest BCUT2D eigenvalue weighted by Gasteiger charge is -2.17. The van der Waals surface area contributed by atoms with E-state index in [1.807, 2.05) is 0 Å². The second-order valence-corrected chi connectivity index (χ2v) is 8.39. The summed E-state index contributed by atoms with van der Waals surface area (Å²) in [6, 6.07) is 5.89. The average molecular weight is 465 g/mol. The number of carbonyl (C=O) groups is 1. The van der Waals surface area contributed by atoms with Crippen LogP contribution in [0, 0.1) is 23.1 Å². The van der Waals surface area contributed by atoms with Crippen molar-refractivity contribution in [2.45, 2.75) is 24.4 Å². The van der Waals surface area contributed by atoms with E-state index >= 15 is 0 Å². The van der Waals surface area contributed by atoms with Gasteiger partial charge in [-0.25, -0.2) is 12.8 Å². The molecule has 12 heteroatoms. The van der Waals surface area contributed by atoms with Crippen LogP contribution < -0.4 is 5.32 Å². The molecule has 6 nitrogen and oxygen atoms in total. The topological polar surface area (TPSA) is 92.0 Å². The van der Waals surface area contributed by atoms with Crippen LogP contribution in [0.1, 0.15) is 29.4 Å². The first-order valence-electron chi connectivity index (χ1n) is 8.36. The molecule has 1 aromatic heterocycles. The second-order valence-electron chi connectivity index (χ2n) is 6.36. The maximum absolute atomic E-state index is 13.4. The van der Waals surface area contributed by atoms with Crippen LogP contribution in [0.25, 0.3) is 0 Å². The van der Waals surface area contributed by atoms with Gasteiger partial charge >= 0.3 is 6.18 Å². The van der Waals surface area contributed by atoms with Crippen molar-refractivity contribution in [1.82, 2.24) is 4.57 Å². The minimum absolute atomic E-state index is 0. The lowest BCUT2D eigenvalue weighted by Crippen LogP contribution is -2.29. The molecule has 0 aliphatic heterocycles. The Bertz CT molecular complexity index is 1070. The van der Waals surface area contributed by atoms with Crippen molar-refractivity contribution < 1.29 is 30.8 Å². The fraction of sp³-hybridized carbons (Fsp3) is 0.333. The molecule has 2 rings (SSSR count). The second kappa shape index (κ2) is 9.53. The van der Waals surface area contributed by atoms with E-state index in [2.05, 4.69) is 5.32 Å². The number of nitriles is 1. The Balaban J connectivity index is 0.00000450. The van der Waals surface area contributed by atoms with E-state index in [1.54, 1.807) is 6.07 Å². The summed E-state index contributed by atoms with van der Waals surface area (Å²) in [5.41, 5.74) is -0.330. The first kappa shape index (κ1) is 25.5. The van der Waals surface area contributed by atoms with E-state index in [1.165, 1.54) is 20.0 Å². The van der Waals surface area contributed by atoms with Gasteiger partial charge < -0.3 is 9.88 Å². The summed E-state index contributed by atoms with van der Waals surface area (Å²) in [5, 5.41) is 11.2. The van der Waals surface area contributed by atoms with Crippen molar-refractivity contribution >= 4 is 34.9 Å². The SMILES string of the molecule is CC[C@H](CS(=O)(=O)c1cc(C(=O)Nc2ccc(F)c(C#N)c2)n(C)c1)C(F)(F)F.S. The highest BCUT2D eigenvalue weighted by atomic mass is 32.2. The molecule has 30 heavy (non-hydrogen) atoms. The largest absolute Gasteiger partial charge is 0.392 e. The lowest BCUT2D eigenvalue weighted by molar-refractivity contribution is -0.168. The monoisotopic (exact) mass is 465 g/mol. The van der Waals surface area contributed by atoms with E-state index in [4.69, 9.17) is 5.26 Å². The molecule has 0 saturated carbocycles. The molecule has 0 radical (unpaired) electrons. The summed E-state index contributed by atoms with van der Waals surface area (Å²) < 4.78 is 78.1. The van der Waals surface area contributed by atoms with Crippen molar-refractivity contribution in [2.75, 3.05) is 11.1 Å². The fourth-order valence-electron chi connectivity index (χ4n) is 2.62. The maximum atomic E-state index is 13.4. The molecule has 1 atom stereocenters. The van der Waals surface area contributed by atoms with Gasteiger partial charge in [0, 0.05) is 18.9 Å². The summed E-state index contributed by atoms with van der Waals surface area (Å²) >= 11 is 0. The van der Waals surface area contributed by atoms with Gasteiger partial charge in [0.1, 0.15) is 17.6 Å². The number of nitrogens with zero attached hydrogens (tertiary/aromatic N) is 2. The number of nitrogens with one attached hydrogen (secondary N) is 1. The predicted molar refractivity (Wildman–Crippen MR) is 107 cm³/mol. The Morgan fingerprint density at radius 3 is 2.47 bits per heavy atom. The third-order valence-corrected chi connectivity index (χ3v) is 6.08. The van der Waals surface area contributed by atoms with Gasteiger partial charge in [0.25, 0.3) is 5.91 Å². The van der Waals surface area contributed by atoms with Crippen molar-refractivity contribution in [3.63, 3.8) is 0 Å². The Kier molecular flexibility index (Phi) is 8.10. The third-order valence-electron chi connectivity index (χ3n) is 4.29. The standard InChI is InChI=1S/C18H17F4N3O3S.H2S/c1-3-12(18(20,21)22)10-29(27,28)14-7-16(25(2)9-14)17(26)24-13-4-5-15(19)11(6-13)8-23;/h4-7,9,12H,3,10H2,1-2H3,(H,24,26);1H2/t12-;/m1./s1. The molecular weight excluding hydrogens is 446 g/mol. The van der Waals surface area contributed by atoms with Gasteiger partial charge in [-0.2, -0.15) is 31.9 Å². The van der Waals surface area contributed by atoms with E-state index < -0.39 is 50.7 Å². The number of sulfone groups is 1. The van der Waals surface area contributed by atoms with Crippen LogP contribution in [0.4, 0.5) is 23.2 Å². The molecule has 1 N–H and O–H groups in total. The molecule has 0 aliphatic carbocycles. The quantitative estimate of drug-likeness (QED) is 0.658. The number of alkyl halides is 3. The molecule has 0 spiro atoms. The number of anilines is 1. The zero-order valence-corrected chi connectivity index (χ0v) is 17.7. The molecule has 0 fully saturated rings. The number of aromatic nitrogens is 1. The molecule has 0 aliphatic rings. The van der Waals surface area contributed by atoms with Gasteiger partial charge in [-0.1, -0.05) is 6.92 Å². The van der Waals surface area contributed by atoms with E-state index in [0.717, 1.165) is 29.0 Å². The summed E-state index contributed by atoms with van der Waals surface area (Å²) in [5.74, 6) is -4.68. The van der Waals surface area contributed by atoms with Gasteiger partial charge in [0.2, 0.25) is 0 Å². The predicted octanol–water partition coefficient (Wildman–Crippen LogP) is 3.76. The van der Waals surface area contributed by atoms with Gasteiger partial charge in [-0.15, -0.1) is 0 Å². The van der Waals surface area contributed by atoms with Gasteiger partial charge in [-0.3, -0.25) is 4.79 Å². The summed E-state index contributed by atoms with van der Waals surface area (Å²) in [4.78, 5) is 12.0. The molecule has 2 aromatic rings. The number of rotatable bonds is 6. The van der Waals surface area contributed by atoms with E-state index in [0.29, 0.717) is 0 Å². The van der Waals surface area contributed by atoms with Crippen molar-refractivity contribution in [3.8, 4) is 6.07 Å². The number of benzene rings is 1. The Labute approximate surface area is 177 Å². The number of amides is 1. The first-order chi connectivity index (χ1) is 13.4. The van der Waals surface area contributed by atoms with Crippen LogP contribution >= 0.6 is 13.5 Å². The number of carbonyl (C=O) groups excluding carboxylic acids is 1. The van der Waals surface area contributed by atoms with Crippen LogP contribution in [0.15, 0.2) is 35.4 Å². The average Bonchev–Trinajstić information content (AvgIpc) is 3.03. The molecular formula is C18H19F4N3O3S2. The zero-order valence-electron chi connectivity index (χ0n) is 15.9. The zero-order chi connectivity index (χ0) is 22.0. The molecule has 164 valence electrons. The maximum Gasteiger partial charge on any atom is 0.392 e. The third kappa shape index (κ3) is 5.76. The highest BCUT2D eigenvalue weighted by Gasteiger charge is 2.41. The Morgan fingerprint density at radius 2 is 1.93 bits per heavy atom. The number of hydrogen-bond donors (Lipinski definition) is 1. The van der Waals surface area contributed by atoms with Crippen molar-refractivity contribution in [3.05, 3.63) is 47.5 Å². The van der Waals surface area contributed by atoms with Gasteiger partial charge in [0.05, 0.1) is 22.1 Å². The Hall–Kier alpha value is -2.52. The highest BCUT2D eigenvalue weighted by Crippen LogP contribution is 2.31. The number of aryl methyl sites for hydroxylation is 1. The normalized spacial score (nSPS) is 12.6. The molecule has 1 amide bonds. The van der Waals surface area contributed by atoms with Crippen molar-refractivity contribution in [1.29, 1.82) is 5.26 Å². The smallest absolute Gasteiger partial charge is 0.345 e. The minimum Gasteiger partial charge on any atom is -0.345 e. The van der Waals surface area contributed by atoms with Crippen LogP contribution in [0.2, 0.25) is 0 Å². The summed E-state index contributed by atoms with van der Waals surface area (Å²) in [6.45, 7) is 1.25. The van der Waals surface area contributed by atoms with Crippen LogP contribution in [-0.4, -0.2) is 30.8 Å². The van der Waals surface area contributed by atoms with Crippen LogP contribution in [0.3, 0.4) is 0 Å². The fourth-order valence-corrected chi connectivity index (χ4v) is 4.38. The van der Waals surface area contributed by atoms with Crippen molar-refractivity contribution in [2.24, 2.45) is 13.0 Å². The first-order valence-corrected chi connectivity index (χ1v) is 10.0.